The molecule has 0 fully saturated rings. The van der Waals surface area contributed by atoms with Crippen LogP contribution in [0.25, 0.3) is 0 Å². The van der Waals surface area contributed by atoms with E-state index in [1.807, 2.05) is 0 Å². The van der Waals surface area contributed by atoms with E-state index in [2.05, 4.69) is 15.5 Å². The van der Waals surface area contributed by atoms with Crippen molar-refractivity contribution in [2.24, 2.45) is 0 Å². The number of halogens is 1. The van der Waals surface area contributed by atoms with Crippen LogP contribution in [0.15, 0.2) is 52.9 Å². The molecule has 0 saturated heterocycles. The fourth-order valence-electron chi connectivity index (χ4n) is 2.07. The SMILES string of the molecule is O=[N+]([O-])c1ccccc1CSc1nnc(NCc2ccc(F)cc2)s1. The van der Waals surface area contributed by atoms with E-state index in [1.165, 1.54) is 41.3 Å². The monoisotopic (exact) mass is 376 g/mol. The normalized spacial score (nSPS) is 10.6. The smallest absolute Gasteiger partial charge is 0.273 e. The van der Waals surface area contributed by atoms with Crippen molar-refractivity contribution in [2.45, 2.75) is 16.6 Å². The van der Waals surface area contributed by atoms with Gasteiger partial charge < -0.3 is 5.32 Å². The molecule has 3 aromatic rings. The first-order valence-electron chi connectivity index (χ1n) is 7.29. The zero-order valence-electron chi connectivity index (χ0n) is 12.9. The van der Waals surface area contributed by atoms with Crippen molar-refractivity contribution in [1.29, 1.82) is 0 Å². The van der Waals surface area contributed by atoms with Crippen molar-refractivity contribution in [3.05, 3.63) is 75.6 Å². The van der Waals surface area contributed by atoms with E-state index in [-0.39, 0.29) is 16.4 Å². The molecule has 0 radical (unpaired) electrons. The summed E-state index contributed by atoms with van der Waals surface area (Å²) >= 11 is 2.77. The minimum Gasteiger partial charge on any atom is -0.356 e. The first-order valence-corrected chi connectivity index (χ1v) is 9.09. The number of para-hydroxylation sites is 1. The van der Waals surface area contributed by atoms with E-state index in [0.717, 1.165) is 9.90 Å². The van der Waals surface area contributed by atoms with Gasteiger partial charge >= 0.3 is 0 Å². The third-order valence-electron chi connectivity index (χ3n) is 3.30. The highest BCUT2D eigenvalue weighted by Gasteiger charge is 2.13. The van der Waals surface area contributed by atoms with E-state index >= 15 is 0 Å². The number of thioether (sulfide) groups is 1. The molecular weight excluding hydrogens is 363 g/mol. The zero-order valence-corrected chi connectivity index (χ0v) is 14.5. The molecular formula is C16H13FN4O2S2. The number of nitro benzene ring substituents is 1. The van der Waals surface area contributed by atoms with Gasteiger partial charge in [0.1, 0.15) is 5.82 Å². The standard InChI is InChI=1S/C16H13FN4O2S2/c17-13-7-5-11(6-8-13)9-18-15-19-20-16(25-15)24-10-12-3-1-2-4-14(12)21(22)23/h1-8H,9-10H2,(H,18,19). The zero-order chi connectivity index (χ0) is 17.6. The van der Waals surface area contributed by atoms with E-state index in [1.54, 1.807) is 30.3 Å². The second-order valence-electron chi connectivity index (χ2n) is 5.03. The predicted molar refractivity (Wildman–Crippen MR) is 96.3 cm³/mol. The molecule has 3 rings (SSSR count). The average Bonchev–Trinajstić information content (AvgIpc) is 3.07. The number of hydrogen-bond donors (Lipinski definition) is 1. The lowest BCUT2D eigenvalue weighted by Gasteiger charge is -2.01. The van der Waals surface area contributed by atoms with Crippen LogP contribution in [0.5, 0.6) is 0 Å². The van der Waals surface area contributed by atoms with Crippen LogP contribution in [-0.2, 0) is 12.3 Å². The highest BCUT2D eigenvalue weighted by Crippen LogP contribution is 2.31. The summed E-state index contributed by atoms with van der Waals surface area (Å²) in [6.45, 7) is 0.518. The van der Waals surface area contributed by atoms with Crippen molar-refractivity contribution in [2.75, 3.05) is 5.32 Å². The van der Waals surface area contributed by atoms with Crippen LogP contribution < -0.4 is 5.32 Å². The second-order valence-corrected chi connectivity index (χ2v) is 7.23. The fraction of sp³-hybridized carbons (Fsp3) is 0.125. The Morgan fingerprint density at radius 3 is 2.68 bits per heavy atom. The first kappa shape index (κ1) is 17.3. The Hall–Kier alpha value is -2.52. The highest BCUT2D eigenvalue weighted by molar-refractivity contribution is 8.00. The number of aromatic nitrogens is 2. The van der Waals surface area contributed by atoms with Crippen molar-refractivity contribution >= 4 is 33.9 Å². The molecule has 128 valence electrons. The molecule has 0 bridgehead atoms. The van der Waals surface area contributed by atoms with Crippen LogP contribution in [0.2, 0.25) is 0 Å². The Kier molecular flexibility index (Phi) is 5.56. The van der Waals surface area contributed by atoms with Crippen LogP contribution in [0, 0.1) is 15.9 Å². The lowest BCUT2D eigenvalue weighted by atomic mass is 10.2. The molecule has 1 N–H and O–H groups in total. The number of anilines is 1. The number of nitrogens with one attached hydrogen (secondary N) is 1. The summed E-state index contributed by atoms with van der Waals surface area (Å²) in [5, 5.41) is 22.9. The Balaban J connectivity index is 1.57. The van der Waals surface area contributed by atoms with Gasteiger partial charge in [-0.3, -0.25) is 10.1 Å². The van der Waals surface area contributed by atoms with Gasteiger partial charge in [-0.1, -0.05) is 53.4 Å². The van der Waals surface area contributed by atoms with Gasteiger partial charge in [0.05, 0.1) is 4.92 Å². The van der Waals surface area contributed by atoms with Gasteiger partial charge in [0, 0.05) is 23.9 Å². The second kappa shape index (κ2) is 8.04. The van der Waals surface area contributed by atoms with Gasteiger partial charge in [-0.25, -0.2) is 4.39 Å². The lowest BCUT2D eigenvalue weighted by molar-refractivity contribution is -0.385. The molecule has 1 heterocycles. The number of hydrogen-bond acceptors (Lipinski definition) is 7. The number of nitrogens with zero attached hydrogens (tertiary/aromatic N) is 3. The van der Waals surface area contributed by atoms with Gasteiger partial charge in [0.15, 0.2) is 4.34 Å². The minimum absolute atomic E-state index is 0.106. The van der Waals surface area contributed by atoms with E-state index in [4.69, 9.17) is 0 Å². The summed E-state index contributed by atoms with van der Waals surface area (Å²) in [4.78, 5) is 10.6. The highest BCUT2D eigenvalue weighted by atomic mass is 32.2. The topological polar surface area (TPSA) is 81.0 Å². The Bertz CT molecular complexity index is 871. The number of rotatable bonds is 7. The van der Waals surface area contributed by atoms with Gasteiger partial charge in [0.25, 0.3) is 5.69 Å². The lowest BCUT2D eigenvalue weighted by Crippen LogP contribution is -1.98. The maximum absolute atomic E-state index is 12.9. The Labute approximate surface area is 151 Å². The summed E-state index contributed by atoms with van der Waals surface area (Å²) < 4.78 is 13.6. The summed E-state index contributed by atoms with van der Waals surface area (Å²) in [5.41, 5.74) is 1.69. The Morgan fingerprint density at radius 2 is 1.92 bits per heavy atom. The summed E-state index contributed by atoms with van der Waals surface area (Å²) in [6.07, 6.45) is 0. The summed E-state index contributed by atoms with van der Waals surface area (Å²) in [5.74, 6) is 0.178. The summed E-state index contributed by atoms with van der Waals surface area (Å²) in [7, 11) is 0. The molecule has 0 aliphatic rings. The van der Waals surface area contributed by atoms with Crippen molar-refractivity contribution in [1.82, 2.24) is 10.2 Å². The summed E-state index contributed by atoms with van der Waals surface area (Å²) in [6, 6.07) is 12.9. The van der Waals surface area contributed by atoms with Gasteiger partial charge in [-0.05, 0) is 17.7 Å². The van der Waals surface area contributed by atoms with Crippen LogP contribution >= 0.6 is 23.1 Å². The molecule has 0 unspecified atom stereocenters. The largest absolute Gasteiger partial charge is 0.356 e. The number of nitro groups is 1. The molecule has 0 aliphatic carbocycles. The minimum atomic E-state index is -0.383. The van der Waals surface area contributed by atoms with Gasteiger partial charge in [0.2, 0.25) is 5.13 Å². The molecule has 0 atom stereocenters. The first-order chi connectivity index (χ1) is 12.1. The Morgan fingerprint density at radius 1 is 1.16 bits per heavy atom. The fourth-order valence-corrected chi connectivity index (χ4v) is 3.81. The van der Waals surface area contributed by atoms with E-state index in [0.29, 0.717) is 23.0 Å². The van der Waals surface area contributed by atoms with E-state index < -0.39 is 0 Å². The molecule has 25 heavy (non-hydrogen) atoms. The molecule has 0 saturated carbocycles. The molecule has 6 nitrogen and oxygen atoms in total. The molecule has 9 heteroatoms. The van der Waals surface area contributed by atoms with Crippen LogP contribution in [-0.4, -0.2) is 15.1 Å². The van der Waals surface area contributed by atoms with Crippen LogP contribution in [0.3, 0.4) is 0 Å². The van der Waals surface area contributed by atoms with Gasteiger partial charge in [-0.2, -0.15) is 0 Å². The number of benzene rings is 2. The van der Waals surface area contributed by atoms with Crippen LogP contribution in [0.1, 0.15) is 11.1 Å². The van der Waals surface area contributed by atoms with E-state index in [9.17, 15) is 14.5 Å². The van der Waals surface area contributed by atoms with Crippen molar-refractivity contribution < 1.29 is 9.31 Å². The third-order valence-corrected chi connectivity index (χ3v) is 5.37. The van der Waals surface area contributed by atoms with Crippen molar-refractivity contribution in [3.8, 4) is 0 Å². The third kappa shape index (κ3) is 4.74. The average molecular weight is 376 g/mol. The molecule has 1 aromatic heterocycles. The van der Waals surface area contributed by atoms with Crippen molar-refractivity contribution in [3.63, 3.8) is 0 Å². The molecule has 2 aromatic carbocycles. The molecule has 0 amide bonds. The quantitative estimate of drug-likeness (QED) is 0.372. The predicted octanol–water partition coefficient (Wildman–Crippen LogP) is 4.49. The van der Waals surface area contributed by atoms with Gasteiger partial charge in [-0.15, -0.1) is 10.2 Å². The maximum atomic E-state index is 12.9. The molecule has 0 aliphatic heterocycles. The maximum Gasteiger partial charge on any atom is 0.273 e. The molecule has 0 spiro atoms. The van der Waals surface area contributed by atoms with Crippen LogP contribution in [0.4, 0.5) is 15.2 Å².